The summed E-state index contributed by atoms with van der Waals surface area (Å²) in [6.07, 6.45) is 0.996. The van der Waals surface area contributed by atoms with Crippen LogP contribution in [0.5, 0.6) is 0 Å². The van der Waals surface area contributed by atoms with Gasteiger partial charge in [-0.2, -0.15) is 0 Å². The summed E-state index contributed by atoms with van der Waals surface area (Å²) in [5, 5.41) is 2.81. The third kappa shape index (κ3) is 6.42. The molecule has 1 N–H and O–H groups in total. The average molecular weight is 339 g/mol. The first-order valence-corrected chi connectivity index (χ1v) is 8.60. The Morgan fingerprint density at radius 3 is 2.04 bits per heavy atom. The van der Waals surface area contributed by atoms with Gasteiger partial charge in [-0.3, -0.25) is 4.79 Å². The van der Waals surface area contributed by atoms with Gasteiger partial charge in [0.1, 0.15) is 12.6 Å². The number of aryl methyl sites for hydroxylation is 1. The van der Waals surface area contributed by atoms with Crippen LogP contribution < -0.4 is 5.32 Å². The molecule has 2 aromatic carbocycles. The molecule has 0 saturated heterocycles. The number of esters is 1. The summed E-state index contributed by atoms with van der Waals surface area (Å²) in [5.74, 6) is -0.574. The number of hydrogen-bond donors (Lipinski definition) is 1. The van der Waals surface area contributed by atoms with Crippen LogP contribution in [0.3, 0.4) is 0 Å². The minimum Gasteiger partial charge on any atom is -0.459 e. The van der Waals surface area contributed by atoms with E-state index in [4.69, 9.17) is 4.74 Å². The van der Waals surface area contributed by atoms with Gasteiger partial charge in [-0.15, -0.1) is 0 Å². The lowest BCUT2D eigenvalue weighted by molar-refractivity contribution is -0.150. The molecule has 4 heteroatoms. The van der Waals surface area contributed by atoms with Gasteiger partial charge in [-0.25, -0.2) is 4.79 Å². The van der Waals surface area contributed by atoms with E-state index in [2.05, 4.69) is 5.32 Å². The summed E-state index contributed by atoms with van der Waals surface area (Å²) in [4.78, 5) is 24.5. The van der Waals surface area contributed by atoms with Crippen LogP contribution in [0.2, 0.25) is 0 Å². The predicted octanol–water partition coefficient (Wildman–Crippen LogP) is 3.50. The molecule has 0 bridgehead atoms. The van der Waals surface area contributed by atoms with Gasteiger partial charge in [-0.1, -0.05) is 74.5 Å². The Kier molecular flexibility index (Phi) is 7.20. The third-order valence-electron chi connectivity index (χ3n) is 3.94. The molecule has 4 nitrogen and oxygen atoms in total. The minimum atomic E-state index is -0.632. The highest BCUT2D eigenvalue weighted by atomic mass is 16.5. The zero-order valence-electron chi connectivity index (χ0n) is 14.8. The summed E-state index contributed by atoms with van der Waals surface area (Å²) in [5.41, 5.74) is 2.03. The molecule has 0 fully saturated rings. The van der Waals surface area contributed by atoms with Crippen molar-refractivity contribution in [3.63, 3.8) is 0 Å². The maximum atomic E-state index is 12.3. The van der Waals surface area contributed by atoms with Gasteiger partial charge in [0.05, 0.1) is 0 Å². The van der Waals surface area contributed by atoms with Crippen molar-refractivity contribution >= 4 is 11.9 Å². The summed E-state index contributed by atoms with van der Waals surface area (Å²) >= 11 is 0. The van der Waals surface area contributed by atoms with Crippen molar-refractivity contribution in [3.05, 3.63) is 71.8 Å². The molecule has 25 heavy (non-hydrogen) atoms. The lowest BCUT2D eigenvalue weighted by Crippen LogP contribution is -2.45. The van der Waals surface area contributed by atoms with Gasteiger partial charge >= 0.3 is 5.97 Å². The Bertz CT molecular complexity index is 668. The molecule has 2 rings (SSSR count). The van der Waals surface area contributed by atoms with Crippen molar-refractivity contribution in [2.24, 2.45) is 5.92 Å². The van der Waals surface area contributed by atoms with Crippen molar-refractivity contribution in [2.45, 2.75) is 39.3 Å². The molecule has 0 aromatic heterocycles. The van der Waals surface area contributed by atoms with Crippen molar-refractivity contribution in [1.29, 1.82) is 0 Å². The van der Waals surface area contributed by atoms with Crippen molar-refractivity contribution in [3.8, 4) is 0 Å². The fraction of sp³-hybridized carbons (Fsp3) is 0.333. The van der Waals surface area contributed by atoms with Crippen molar-refractivity contribution < 1.29 is 14.3 Å². The quantitative estimate of drug-likeness (QED) is 0.749. The molecular formula is C21H25NO3. The van der Waals surface area contributed by atoms with Crippen LogP contribution in [-0.2, 0) is 27.4 Å². The molecular weight excluding hydrogens is 314 g/mol. The number of hydrogen-bond acceptors (Lipinski definition) is 3. The smallest absolute Gasteiger partial charge is 0.329 e. The van der Waals surface area contributed by atoms with Gasteiger partial charge in [0, 0.05) is 6.42 Å². The second kappa shape index (κ2) is 9.62. The standard InChI is InChI=1S/C21H25NO3/c1-16(2)20(21(24)25-15-18-11-7-4-8-12-18)22-19(23)14-13-17-9-5-3-6-10-17/h3-12,16,20H,13-15H2,1-2H3,(H,22,23)/t20-/m0/s1. The molecule has 0 saturated carbocycles. The van der Waals surface area contributed by atoms with E-state index >= 15 is 0 Å². The maximum absolute atomic E-state index is 12.3. The first kappa shape index (κ1) is 18.7. The predicted molar refractivity (Wildman–Crippen MR) is 97.8 cm³/mol. The lowest BCUT2D eigenvalue weighted by atomic mass is 10.0. The summed E-state index contributed by atoms with van der Waals surface area (Å²) in [6.45, 7) is 4.00. The third-order valence-corrected chi connectivity index (χ3v) is 3.94. The van der Waals surface area contributed by atoms with Crippen LogP contribution >= 0.6 is 0 Å². The van der Waals surface area contributed by atoms with Crippen LogP contribution in [0.1, 0.15) is 31.4 Å². The fourth-order valence-electron chi connectivity index (χ4n) is 2.46. The Morgan fingerprint density at radius 2 is 1.48 bits per heavy atom. The molecule has 132 valence electrons. The van der Waals surface area contributed by atoms with E-state index in [-0.39, 0.29) is 18.4 Å². The highest BCUT2D eigenvalue weighted by Crippen LogP contribution is 2.09. The van der Waals surface area contributed by atoms with Gasteiger partial charge < -0.3 is 10.1 Å². The molecule has 2 aromatic rings. The molecule has 0 aliphatic carbocycles. The van der Waals surface area contributed by atoms with Crippen LogP contribution in [0, 0.1) is 5.92 Å². The molecule has 0 unspecified atom stereocenters. The Labute approximate surface area is 149 Å². The number of carbonyl (C=O) groups excluding carboxylic acids is 2. The number of nitrogens with one attached hydrogen (secondary N) is 1. The first-order chi connectivity index (χ1) is 12.1. The van der Waals surface area contributed by atoms with E-state index in [1.54, 1.807) is 0 Å². The van der Waals surface area contributed by atoms with Crippen LogP contribution in [0.15, 0.2) is 60.7 Å². The van der Waals surface area contributed by atoms with E-state index in [0.29, 0.717) is 12.8 Å². The number of benzene rings is 2. The number of carbonyl (C=O) groups is 2. The fourth-order valence-corrected chi connectivity index (χ4v) is 2.46. The summed E-state index contributed by atoms with van der Waals surface area (Å²) < 4.78 is 5.36. The second-order valence-corrected chi connectivity index (χ2v) is 6.37. The zero-order chi connectivity index (χ0) is 18.1. The van der Waals surface area contributed by atoms with E-state index in [9.17, 15) is 9.59 Å². The van der Waals surface area contributed by atoms with E-state index in [0.717, 1.165) is 11.1 Å². The Balaban J connectivity index is 1.84. The van der Waals surface area contributed by atoms with Crippen LogP contribution in [-0.4, -0.2) is 17.9 Å². The van der Waals surface area contributed by atoms with E-state index < -0.39 is 12.0 Å². The number of ether oxygens (including phenoxy) is 1. The minimum absolute atomic E-state index is 0.0380. The van der Waals surface area contributed by atoms with Gasteiger partial charge in [-0.05, 0) is 23.5 Å². The van der Waals surface area contributed by atoms with Crippen LogP contribution in [0.4, 0.5) is 0 Å². The molecule has 1 atom stereocenters. The highest BCUT2D eigenvalue weighted by Gasteiger charge is 2.25. The maximum Gasteiger partial charge on any atom is 0.329 e. The SMILES string of the molecule is CC(C)[C@H](NC(=O)CCc1ccccc1)C(=O)OCc1ccccc1. The Morgan fingerprint density at radius 1 is 0.920 bits per heavy atom. The molecule has 0 heterocycles. The van der Waals surface area contributed by atoms with Crippen molar-refractivity contribution in [2.75, 3.05) is 0 Å². The monoisotopic (exact) mass is 339 g/mol. The first-order valence-electron chi connectivity index (χ1n) is 8.60. The molecule has 1 amide bonds. The Hall–Kier alpha value is -2.62. The van der Waals surface area contributed by atoms with Crippen LogP contribution in [0.25, 0.3) is 0 Å². The topological polar surface area (TPSA) is 55.4 Å². The van der Waals surface area contributed by atoms with Gasteiger partial charge in [0.2, 0.25) is 5.91 Å². The molecule has 0 aliphatic rings. The number of rotatable bonds is 8. The van der Waals surface area contributed by atoms with E-state index in [1.165, 1.54) is 0 Å². The van der Waals surface area contributed by atoms with Gasteiger partial charge in [0.15, 0.2) is 0 Å². The normalized spacial score (nSPS) is 11.8. The second-order valence-electron chi connectivity index (χ2n) is 6.37. The molecule has 0 aliphatic heterocycles. The van der Waals surface area contributed by atoms with Crippen molar-refractivity contribution in [1.82, 2.24) is 5.32 Å². The highest BCUT2D eigenvalue weighted by molar-refractivity contribution is 5.84. The molecule has 0 radical (unpaired) electrons. The summed E-state index contributed by atoms with van der Waals surface area (Å²) in [6, 6.07) is 18.7. The average Bonchev–Trinajstić information content (AvgIpc) is 2.64. The van der Waals surface area contributed by atoms with E-state index in [1.807, 2.05) is 74.5 Å². The zero-order valence-corrected chi connectivity index (χ0v) is 14.8. The van der Waals surface area contributed by atoms with Gasteiger partial charge in [0.25, 0.3) is 0 Å². The molecule has 0 spiro atoms. The summed E-state index contributed by atoms with van der Waals surface area (Å²) in [7, 11) is 0. The largest absolute Gasteiger partial charge is 0.459 e. The lowest BCUT2D eigenvalue weighted by Gasteiger charge is -2.21. The number of amides is 1.